The molecule has 2 rings (SSSR count). The van der Waals surface area contributed by atoms with Crippen LogP contribution in [-0.2, 0) is 0 Å². The van der Waals surface area contributed by atoms with E-state index in [1.807, 2.05) is 12.1 Å². The quantitative estimate of drug-likeness (QED) is 0.846. The molecule has 0 saturated carbocycles. The van der Waals surface area contributed by atoms with Gasteiger partial charge >= 0.3 is 0 Å². The molecule has 0 aromatic heterocycles. The molecule has 0 amide bonds. The van der Waals surface area contributed by atoms with Gasteiger partial charge in [0.2, 0.25) is 0 Å². The Morgan fingerprint density at radius 2 is 2.13 bits per heavy atom. The summed E-state index contributed by atoms with van der Waals surface area (Å²) in [7, 11) is 0. The summed E-state index contributed by atoms with van der Waals surface area (Å²) in [6.45, 7) is 0. The van der Waals surface area contributed by atoms with Crippen molar-refractivity contribution in [2.24, 2.45) is 10.7 Å². The Morgan fingerprint density at radius 1 is 1.47 bits per heavy atom. The van der Waals surface area contributed by atoms with E-state index in [9.17, 15) is 4.79 Å². The van der Waals surface area contributed by atoms with Gasteiger partial charge < -0.3 is 5.73 Å². The van der Waals surface area contributed by atoms with Gasteiger partial charge in [0.05, 0.1) is 0 Å². The number of nitrogens with zero attached hydrogens (tertiary/aromatic N) is 1. The third-order valence-electron chi connectivity index (χ3n) is 2.10. The number of carbonyl (C=O) groups excluding carboxylic acids is 1. The minimum Gasteiger partial charge on any atom is -0.379 e. The lowest BCUT2D eigenvalue weighted by Crippen LogP contribution is -2.18. The van der Waals surface area contributed by atoms with Gasteiger partial charge in [-0.3, -0.25) is 9.79 Å². The Balaban J connectivity index is 2.18. The summed E-state index contributed by atoms with van der Waals surface area (Å²) >= 11 is 4.75. The highest BCUT2D eigenvalue weighted by molar-refractivity contribution is 9.10. The van der Waals surface area contributed by atoms with Crippen molar-refractivity contribution in [2.45, 2.75) is 6.04 Å². The van der Waals surface area contributed by atoms with Crippen molar-refractivity contribution in [3.63, 3.8) is 0 Å². The molecule has 1 aromatic carbocycles. The van der Waals surface area contributed by atoms with Crippen LogP contribution in [0.2, 0.25) is 0 Å². The van der Waals surface area contributed by atoms with E-state index < -0.39 is 0 Å². The van der Waals surface area contributed by atoms with Crippen LogP contribution >= 0.6 is 27.7 Å². The number of nitrogens with two attached hydrogens (primary N) is 1. The molecular weight excluding hydrogens is 276 g/mol. The second-order valence-electron chi connectivity index (χ2n) is 3.17. The molecule has 0 spiro atoms. The molecule has 0 bridgehead atoms. The minimum atomic E-state index is -0.309. The Morgan fingerprint density at radius 3 is 2.67 bits per heavy atom. The molecule has 1 aliphatic rings. The van der Waals surface area contributed by atoms with Crippen LogP contribution in [0.4, 0.5) is 0 Å². The van der Waals surface area contributed by atoms with Crippen LogP contribution in [0.1, 0.15) is 10.4 Å². The molecule has 1 aliphatic heterocycles. The molecule has 1 heterocycles. The fraction of sp³-hybridized carbons (Fsp3) is 0.200. The van der Waals surface area contributed by atoms with Gasteiger partial charge in [0.25, 0.3) is 0 Å². The van der Waals surface area contributed by atoms with Crippen molar-refractivity contribution in [1.29, 1.82) is 0 Å². The molecule has 1 unspecified atom stereocenters. The van der Waals surface area contributed by atoms with Crippen molar-refractivity contribution in [3.8, 4) is 0 Å². The lowest BCUT2D eigenvalue weighted by molar-refractivity contribution is 0.0971. The Hall–Kier alpha value is -0.810. The number of thioether (sulfide) groups is 1. The summed E-state index contributed by atoms with van der Waals surface area (Å²) < 4.78 is 0.961. The highest BCUT2D eigenvalue weighted by Gasteiger charge is 2.24. The van der Waals surface area contributed by atoms with Crippen LogP contribution in [0.25, 0.3) is 0 Å². The first-order valence-corrected chi connectivity index (χ1v) is 6.20. The number of aliphatic imine (C=N–C) groups is 1. The molecule has 1 aromatic rings. The zero-order valence-electron chi connectivity index (χ0n) is 7.81. The van der Waals surface area contributed by atoms with Gasteiger partial charge in [-0.15, -0.1) is 0 Å². The van der Waals surface area contributed by atoms with E-state index in [2.05, 4.69) is 20.9 Å². The lowest BCUT2D eigenvalue weighted by atomic mass is 10.1. The number of hydrogen-bond donors (Lipinski definition) is 1. The van der Waals surface area contributed by atoms with E-state index in [4.69, 9.17) is 5.73 Å². The number of benzene rings is 1. The van der Waals surface area contributed by atoms with Gasteiger partial charge in [0.15, 0.2) is 11.0 Å². The normalized spacial score (nSPS) is 20.1. The summed E-state index contributed by atoms with van der Waals surface area (Å²) in [5.74, 6) is 0.691. The first-order chi connectivity index (χ1) is 7.16. The summed E-state index contributed by atoms with van der Waals surface area (Å²) in [4.78, 5) is 16.0. The van der Waals surface area contributed by atoms with E-state index in [1.54, 1.807) is 12.1 Å². The number of ketones is 1. The molecular formula is C10H9BrN2OS. The summed E-state index contributed by atoms with van der Waals surface area (Å²) in [6, 6.07) is 6.98. The highest BCUT2D eigenvalue weighted by Crippen LogP contribution is 2.19. The Bertz CT molecular complexity index is 416. The maximum atomic E-state index is 11.9. The van der Waals surface area contributed by atoms with Crippen LogP contribution in [0, 0.1) is 0 Å². The largest absolute Gasteiger partial charge is 0.379 e. The molecule has 78 valence electrons. The smallest absolute Gasteiger partial charge is 0.188 e. The SMILES string of the molecule is NC1=NC(C(=O)c2ccc(Br)cc2)CS1. The van der Waals surface area contributed by atoms with Crippen LogP contribution in [0.3, 0.4) is 0 Å². The third kappa shape index (κ3) is 2.41. The van der Waals surface area contributed by atoms with E-state index in [-0.39, 0.29) is 11.8 Å². The minimum absolute atomic E-state index is 0.0375. The molecule has 3 nitrogen and oxygen atoms in total. The third-order valence-corrected chi connectivity index (χ3v) is 3.52. The Labute approximate surface area is 100 Å². The fourth-order valence-electron chi connectivity index (χ4n) is 1.33. The number of Topliss-reactive ketones (excluding diaryl/α,β-unsaturated/α-hetero) is 1. The summed E-state index contributed by atoms with van der Waals surface area (Å²) in [5, 5.41) is 0.505. The zero-order valence-corrected chi connectivity index (χ0v) is 10.2. The topological polar surface area (TPSA) is 55.4 Å². The van der Waals surface area contributed by atoms with Crippen molar-refractivity contribution in [2.75, 3.05) is 5.75 Å². The van der Waals surface area contributed by atoms with E-state index in [0.717, 1.165) is 4.47 Å². The van der Waals surface area contributed by atoms with Crippen molar-refractivity contribution in [3.05, 3.63) is 34.3 Å². The van der Waals surface area contributed by atoms with Gasteiger partial charge in [-0.2, -0.15) is 0 Å². The van der Waals surface area contributed by atoms with E-state index in [0.29, 0.717) is 16.5 Å². The average molecular weight is 285 g/mol. The zero-order chi connectivity index (χ0) is 10.8. The number of rotatable bonds is 2. The molecule has 0 radical (unpaired) electrons. The van der Waals surface area contributed by atoms with Gasteiger partial charge in [0, 0.05) is 15.8 Å². The number of carbonyl (C=O) groups is 1. The van der Waals surface area contributed by atoms with Crippen LogP contribution in [0.5, 0.6) is 0 Å². The standard InChI is InChI=1S/C10H9BrN2OS/c11-7-3-1-6(2-4-7)9(14)8-5-15-10(12)13-8/h1-4,8H,5H2,(H2,12,13). The van der Waals surface area contributed by atoms with E-state index >= 15 is 0 Å². The molecule has 0 saturated heterocycles. The van der Waals surface area contributed by atoms with Crippen LogP contribution < -0.4 is 5.73 Å². The van der Waals surface area contributed by atoms with Gasteiger partial charge in [-0.25, -0.2) is 0 Å². The highest BCUT2D eigenvalue weighted by atomic mass is 79.9. The number of amidine groups is 1. The predicted octanol–water partition coefficient (Wildman–Crippen LogP) is 2.06. The monoisotopic (exact) mass is 284 g/mol. The summed E-state index contributed by atoms with van der Waals surface area (Å²) in [6.07, 6.45) is 0. The second kappa shape index (κ2) is 4.37. The first kappa shape index (κ1) is 10.7. The lowest BCUT2D eigenvalue weighted by Gasteiger charge is -2.04. The molecule has 0 fully saturated rings. The van der Waals surface area contributed by atoms with Crippen molar-refractivity contribution >= 4 is 38.6 Å². The second-order valence-corrected chi connectivity index (χ2v) is 5.12. The first-order valence-electron chi connectivity index (χ1n) is 4.42. The molecule has 1 atom stereocenters. The maximum Gasteiger partial charge on any atom is 0.188 e. The van der Waals surface area contributed by atoms with E-state index in [1.165, 1.54) is 11.8 Å². The molecule has 0 aliphatic carbocycles. The number of hydrogen-bond acceptors (Lipinski definition) is 4. The molecule has 5 heteroatoms. The number of halogens is 1. The van der Waals surface area contributed by atoms with Crippen LogP contribution in [0.15, 0.2) is 33.7 Å². The average Bonchev–Trinajstić information content (AvgIpc) is 2.65. The van der Waals surface area contributed by atoms with Crippen molar-refractivity contribution < 1.29 is 4.79 Å². The molecule has 15 heavy (non-hydrogen) atoms. The van der Waals surface area contributed by atoms with Gasteiger partial charge in [-0.1, -0.05) is 39.8 Å². The van der Waals surface area contributed by atoms with Gasteiger partial charge in [-0.05, 0) is 12.1 Å². The van der Waals surface area contributed by atoms with Crippen molar-refractivity contribution in [1.82, 2.24) is 0 Å². The van der Waals surface area contributed by atoms with Crippen LogP contribution in [-0.4, -0.2) is 22.7 Å². The predicted molar refractivity (Wildman–Crippen MR) is 66.3 cm³/mol. The fourth-order valence-corrected chi connectivity index (χ4v) is 2.35. The Kier molecular flexibility index (Phi) is 3.11. The maximum absolute atomic E-state index is 11.9. The summed E-state index contributed by atoms with van der Waals surface area (Å²) in [5.41, 5.74) is 6.20. The molecule has 2 N–H and O–H groups in total. The van der Waals surface area contributed by atoms with Gasteiger partial charge in [0.1, 0.15) is 6.04 Å².